The summed E-state index contributed by atoms with van der Waals surface area (Å²) in [6, 6.07) is 3.60. The van der Waals surface area contributed by atoms with Crippen molar-refractivity contribution in [2.75, 3.05) is 25.0 Å². The first-order valence-electron chi connectivity index (χ1n) is 7.85. The lowest BCUT2D eigenvalue weighted by molar-refractivity contribution is 0.0827. The average molecular weight is 291 g/mol. The Hall–Kier alpha value is -1.62. The van der Waals surface area contributed by atoms with Crippen molar-refractivity contribution in [3.63, 3.8) is 0 Å². The van der Waals surface area contributed by atoms with Crippen LogP contribution in [0.25, 0.3) is 0 Å². The van der Waals surface area contributed by atoms with Crippen LogP contribution in [0.4, 0.5) is 5.82 Å². The molecule has 0 saturated carbocycles. The number of nitrogens with one attached hydrogen (secondary N) is 2. The number of rotatable bonds is 7. The van der Waals surface area contributed by atoms with Gasteiger partial charge in [-0.15, -0.1) is 0 Å². The van der Waals surface area contributed by atoms with Crippen LogP contribution in [-0.2, 0) is 4.74 Å². The quantitative estimate of drug-likeness (QED) is 0.810. The van der Waals surface area contributed by atoms with Crippen LogP contribution in [0.2, 0.25) is 0 Å². The molecular formula is C16H25N3O2. The zero-order valence-electron chi connectivity index (χ0n) is 12.9. The van der Waals surface area contributed by atoms with Crippen LogP contribution in [0, 0.1) is 5.92 Å². The van der Waals surface area contributed by atoms with E-state index in [0.717, 1.165) is 32.4 Å². The molecule has 1 saturated heterocycles. The van der Waals surface area contributed by atoms with Gasteiger partial charge in [0.1, 0.15) is 5.82 Å². The zero-order valence-corrected chi connectivity index (χ0v) is 12.9. The first kappa shape index (κ1) is 15.8. The Balaban J connectivity index is 1.94. The van der Waals surface area contributed by atoms with E-state index in [4.69, 9.17) is 4.74 Å². The highest BCUT2D eigenvalue weighted by molar-refractivity contribution is 5.98. The normalized spacial score (nSPS) is 21.2. The van der Waals surface area contributed by atoms with E-state index in [9.17, 15) is 4.79 Å². The summed E-state index contributed by atoms with van der Waals surface area (Å²) < 4.78 is 5.65. The number of carbonyl (C=O) groups excluding carboxylic acids is 1. The van der Waals surface area contributed by atoms with E-state index < -0.39 is 0 Å². The predicted molar refractivity (Wildman–Crippen MR) is 83.5 cm³/mol. The third-order valence-electron chi connectivity index (χ3n) is 3.87. The molecule has 116 valence electrons. The topological polar surface area (TPSA) is 63.2 Å². The Bertz CT molecular complexity index is 465. The van der Waals surface area contributed by atoms with Gasteiger partial charge in [-0.3, -0.25) is 4.79 Å². The van der Waals surface area contributed by atoms with E-state index in [1.54, 1.807) is 12.3 Å². The van der Waals surface area contributed by atoms with Gasteiger partial charge in [-0.05, 0) is 31.4 Å². The van der Waals surface area contributed by atoms with E-state index in [1.807, 2.05) is 6.07 Å². The Kier molecular flexibility index (Phi) is 5.99. The van der Waals surface area contributed by atoms with Gasteiger partial charge in [0, 0.05) is 31.8 Å². The lowest BCUT2D eigenvalue weighted by atomic mass is 9.99. The molecule has 1 fully saturated rings. The highest BCUT2D eigenvalue weighted by atomic mass is 16.5. The number of anilines is 1. The molecule has 2 unspecified atom stereocenters. The number of hydrogen-bond donors (Lipinski definition) is 2. The van der Waals surface area contributed by atoms with Crippen LogP contribution in [0.1, 0.15) is 43.5 Å². The summed E-state index contributed by atoms with van der Waals surface area (Å²) in [6.07, 6.45) is 4.99. The minimum atomic E-state index is -0.0662. The maximum absolute atomic E-state index is 12.3. The molecule has 1 amide bonds. The van der Waals surface area contributed by atoms with Crippen molar-refractivity contribution in [3.8, 4) is 0 Å². The molecule has 1 aromatic heterocycles. The van der Waals surface area contributed by atoms with Gasteiger partial charge in [0.25, 0.3) is 5.91 Å². The maximum Gasteiger partial charge on any atom is 0.255 e. The molecule has 0 bridgehead atoms. The summed E-state index contributed by atoms with van der Waals surface area (Å²) in [6.45, 7) is 6.49. The molecule has 1 aromatic rings. The second-order valence-corrected chi connectivity index (χ2v) is 5.40. The first-order chi connectivity index (χ1) is 10.3. The fourth-order valence-electron chi connectivity index (χ4n) is 2.67. The van der Waals surface area contributed by atoms with E-state index in [0.29, 0.717) is 23.8 Å². The number of pyridine rings is 1. The summed E-state index contributed by atoms with van der Waals surface area (Å²) in [5, 5.41) is 6.22. The molecule has 0 aromatic carbocycles. The molecule has 1 aliphatic heterocycles. The lowest BCUT2D eigenvalue weighted by Gasteiger charge is -2.17. The number of carbonyl (C=O) groups is 1. The lowest BCUT2D eigenvalue weighted by Crippen LogP contribution is -2.33. The van der Waals surface area contributed by atoms with Gasteiger partial charge >= 0.3 is 0 Å². The maximum atomic E-state index is 12.3. The number of aromatic nitrogens is 1. The van der Waals surface area contributed by atoms with E-state index in [1.165, 1.54) is 0 Å². The Labute approximate surface area is 126 Å². The van der Waals surface area contributed by atoms with Crippen molar-refractivity contribution < 1.29 is 9.53 Å². The Morgan fingerprint density at radius 3 is 3.10 bits per heavy atom. The van der Waals surface area contributed by atoms with Crippen molar-refractivity contribution >= 4 is 11.7 Å². The zero-order chi connectivity index (χ0) is 15.1. The highest BCUT2D eigenvalue weighted by Crippen LogP contribution is 2.22. The third-order valence-corrected chi connectivity index (χ3v) is 3.87. The summed E-state index contributed by atoms with van der Waals surface area (Å²) in [7, 11) is 0. The van der Waals surface area contributed by atoms with Crippen molar-refractivity contribution in [1.82, 2.24) is 10.3 Å². The van der Waals surface area contributed by atoms with Crippen molar-refractivity contribution in [3.05, 3.63) is 23.9 Å². The summed E-state index contributed by atoms with van der Waals surface area (Å²) in [4.78, 5) is 16.6. The number of ether oxygens (including phenoxy) is 1. The smallest absolute Gasteiger partial charge is 0.255 e. The average Bonchev–Trinajstić information content (AvgIpc) is 2.98. The molecular weight excluding hydrogens is 266 g/mol. The van der Waals surface area contributed by atoms with Crippen LogP contribution in [0.3, 0.4) is 0 Å². The number of nitrogens with zero attached hydrogens (tertiary/aromatic N) is 1. The molecule has 2 N–H and O–H groups in total. The van der Waals surface area contributed by atoms with Crippen molar-refractivity contribution in [2.45, 2.75) is 39.2 Å². The minimum absolute atomic E-state index is 0.0662. The fourth-order valence-corrected chi connectivity index (χ4v) is 2.67. The van der Waals surface area contributed by atoms with E-state index >= 15 is 0 Å². The number of hydrogen-bond acceptors (Lipinski definition) is 4. The van der Waals surface area contributed by atoms with Gasteiger partial charge in [-0.1, -0.05) is 13.8 Å². The Morgan fingerprint density at radius 1 is 1.48 bits per heavy atom. The second-order valence-electron chi connectivity index (χ2n) is 5.40. The molecule has 5 heteroatoms. The Morgan fingerprint density at radius 2 is 2.33 bits per heavy atom. The van der Waals surface area contributed by atoms with Gasteiger partial charge in [-0.2, -0.15) is 0 Å². The van der Waals surface area contributed by atoms with E-state index in [2.05, 4.69) is 29.5 Å². The monoisotopic (exact) mass is 291 g/mol. The molecule has 5 nitrogen and oxygen atoms in total. The largest absolute Gasteiger partial charge is 0.378 e. The minimum Gasteiger partial charge on any atom is -0.378 e. The molecule has 0 aliphatic carbocycles. The van der Waals surface area contributed by atoms with Crippen LogP contribution in [-0.4, -0.2) is 36.7 Å². The molecule has 21 heavy (non-hydrogen) atoms. The van der Waals surface area contributed by atoms with Gasteiger partial charge in [0.15, 0.2) is 0 Å². The molecule has 2 heterocycles. The molecule has 2 atom stereocenters. The summed E-state index contributed by atoms with van der Waals surface area (Å²) >= 11 is 0. The summed E-state index contributed by atoms with van der Waals surface area (Å²) in [5.41, 5.74) is 0.609. The standard InChI is InChI=1S/C16H25N3O2/c1-3-8-17-15-13(6-5-9-18-15)16(20)19-11-12-7-10-21-14(12)4-2/h5-6,9,12,14H,3-4,7-8,10-11H2,1-2H3,(H,17,18)(H,19,20). The van der Waals surface area contributed by atoms with Crippen molar-refractivity contribution in [1.29, 1.82) is 0 Å². The van der Waals surface area contributed by atoms with E-state index in [-0.39, 0.29) is 12.0 Å². The van der Waals surface area contributed by atoms with Crippen LogP contribution >= 0.6 is 0 Å². The molecule has 0 radical (unpaired) electrons. The number of amides is 1. The van der Waals surface area contributed by atoms with Gasteiger partial charge in [-0.25, -0.2) is 4.98 Å². The highest BCUT2D eigenvalue weighted by Gasteiger charge is 2.27. The van der Waals surface area contributed by atoms with Crippen LogP contribution in [0.15, 0.2) is 18.3 Å². The van der Waals surface area contributed by atoms with Crippen molar-refractivity contribution in [2.24, 2.45) is 5.92 Å². The molecule has 0 spiro atoms. The predicted octanol–water partition coefficient (Wildman–Crippen LogP) is 2.45. The fraction of sp³-hybridized carbons (Fsp3) is 0.625. The molecule has 2 rings (SSSR count). The SMILES string of the molecule is CCCNc1ncccc1C(=O)NCC1CCOC1CC. The van der Waals surface area contributed by atoms with Gasteiger partial charge in [0.2, 0.25) is 0 Å². The van der Waals surface area contributed by atoms with Crippen LogP contribution in [0.5, 0.6) is 0 Å². The second kappa shape index (κ2) is 7.98. The molecule has 1 aliphatic rings. The van der Waals surface area contributed by atoms with Gasteiger partial charge in [0.05, 0.1) is 11.7 Å². The van der Waals surface area contributed by atoms with Gasteiger partial charge < -0.3 is 15.4 Å². The first-order valence-corrected chi connectivity index (χ1v) is 7.85. The summed E-state index contributed by atoms with van der Waals surface area (Å²) in [5.74, 6) is 1.01. The van der Waals surface area contributed by atoms with Crippen LogP contribution < -0.4 is 10.6 Å². The third kappa shape index (κ3) is 4.17.